The van der Waals surface area contributed by atoms with Gasteiger partial charge in [0.1, 0.15) is 0 Å². The maximum absolute atomic E-state index is 9.25. The zero-order chi connectivity index (χ0) is 12.8. The molecule has 0 atom stereocenters. The summed E-state index contributed by atoms with van der Waals surface area (Å²) in [6.45, 7) is 2.96. The minimum Gasteiger partial charge on any atom is -0.478 e. The predicted octanol–water partition coefficient (Wildman–Crippen LogP) is 4.27. The van der Waals surface area contributed by atoms with E-state index >= 15 is 0 Å². The van der Waals surface area contributed by atoms with E-state index in [1.807, 2.05) is 0 Å². The van der Waals surface area contributed by atoms with Crippen molar-refractivity contribution >= 4 is 5.97 Å². The Morgan fingerprint density at radius 3 is 1.71 bits per heavy atom. The molecule has 0 saturated heterocycles. The summed E-state index contributed by atoms with van der Waals surface area (Å²) < 4.78 is 0. The first-order valence-electron chi connectivity index (χ1n) is 6.11. The lowest BCUT2D eigenvalue weighted by molar-refractivity contribution is -0.131. The van der Waals surface area contributed by atoms with Crippen molar-refractivity contribution in [2.45, 2.75) is 38.5 Å². The number of aliphatic carboxylic acids is 1. The molecule has 1 rings (SSSR count). The number of hydrogen-bond donors (Lipinski definition) is 1. The first kappa shape index (κ1) is 15.4. The maximum atomic E-state index is 9.25. The van der Waals surface area contributed by atoms with Crippen LogP contribution < -0.4 is 0 Å². The molecule has 0 saturated carbocycles. The van der Waals surface area contributed by atoms with Gasteiger partial charge in [0.15, 0.2) is 0 Å². The van der Waals surface area contributed by atoms with Crippen LogP contribution in [0.5, 0.6) is 0 Å². The molecule has 17 heavy (non-hydrogen) atoms. The van der Waals surface area contributed by atoms with Gasteiger partial charge < -0.3 is 5.11 Å². The zero-order valence-electron chi connectivity index (χ0n) is 10.3. The highest BCUT2D eigenvalue weighted by Crippen LogP contribution is 2.07. The van der Waals surface area contributed by atoms with Crippen molar-refractivity contribution in [3.8, 4) is 0 Å². The third-order valence-corrected chi connectivity index (χ3v) is 2.27. The monoisotopic (exact) mass is 234 g/mol. The second-order valence-corrected chi connectivity index (χ2v) is 3.78. The van der Waals surface area contributed by atoms with Gasteiger partial charge in [-0.25, -0.2) is 4.79 Å². The number of rotatable bonds is 1. The first-order valence-corrected chi connectivity index (χ1v) is 6.11. The van der Waals surface area contributed by atoms with Gasteiger partial charge in [-0.15, -0.1) is 0 Å². The highest BCUT2D eigenvalue weighted by Gasteiger charge is 1.87. The third kappa shape index (κ3) is 14.4. The van der Waals surface area contributed by atoms with Crippen molar-refractivity contribution in [3.05, 3.63) is 49.1 Å². The Morgan fingerprint density at radius 1 is 0.941 bits per heavy atom. The van der Waals surface area contributed by atoms with Crippen LogP contribution in [0.1, 0.15) is 38.5 Å². The van der Waals surface area contributed by atoms with Gasteiger partial charge in [-0.2, -0.15) is 0 Å². The van der Waals surface area contributed by atoms with E-state index < -0.39 is 5.97 Å². The minimum atomic E-state index is -0.981. The normalized spacial score (nSPS) is 21.6. The summed E-state index contributed by atoms with van der Waals surface area (Å²) in [6, 6.07) is 0. The predicted molar refractivity (Wildman–Crippen MR) is 73.0 cm³/mol. The van der Waals surface area contributed by atoms with Crippen molar-refractivity contribution in [1.29, 1.82) is 0 Å². The number of carbonyl (C=O) groups is 1. The second-order valence-electron chi connectivity index (χ2n) is 3.78. The van der Waals surface area contributed by atoms with E-state index in [0.29, 0.717) is 0 Å². The van der Waals surface area contributed by atoms with Crippen molar-refractivity contribution in [2.75, 3.05) is 0 Å². The quantitative estimate of drug-likeness (QED) is 0.688. The highest BCUT2D eigenvalue weighted by atomic mass is 16.4. The summed E-state index contributed by atoms with van der Waals surface area (Å²) in [6.07, 6.45) is 21.8. The summed E-state index contributed by atoms with van der Waals surface area (Å²) in [4.78, 5) is 9.25. The number of carboxylic acid groups (broad SMARTS) is 1. The summed E-state index contributed by atoms with van der Waals surface area (Å²) in [7, 11) is 0. The summed E-state index contributed by atoms with van der Waals surface area (Å²) in [5.41, 5.74) is 0. The average molecular weight is 234 g/mol. The molecule has 2 heteroatoms. The van der Waals surface area contributed by atoms with Crippen LogP contribution in [0.4, 0.5) is 0 Å². The molecule has 0 aromatic heterocycles. The standard InChI is InChI=1S/C12H18.C3H4O2/c1-2-4-6-8-10-12-11-9-7-5-3-1;1-2-3(4)5/h1-6H,7-12H2;2H,1H2,(H,4,5)/b2-1-,5-3+,6-4+;. The van der Waals surface area contributed by atoms with Crippen LogP contribution in [-0.2, 0) is 4.79 Å². The van der Waals surface area contributed by atoms with Gasteiger partial charge in [0.25, 0.3) is 0 Å². The van der Waals surface area contributed by atoms with Gasteiger partial charge in [-0.05, 0) is 25.7 Å². The second kappa shape index (κ2) is 12.5. The Hall–Kier alpha value is -1.57. The van der Waals surface area contributed by atoms with Crippen molar-refractivity contribution in [1.82, 2.24) is 0 Å². The molecule has 1 aliphatic carbocycles. The van der Waals surface area contributed by atoms with E-state index in [4.69, 9.17) is 5.11 Å². The molecule has 0 aliphatic heterocycles. The number of hydrogen-bond acceptors (Lipinski definition) is 1. The molecule has 0 heterocycles. The Morgan fingerprint density at radius 2 is 1.35 bits per heavy atom. The molecule has 1 aliphatic rings. The lowest BCUT2D eigenvalue weighted by Gasteiger charge is -1.96. The fourth-order valence-corrected chi connectivity index (χ4v) is 1.36. The molecule has 0 aromatic carbocycles. The summed E-state index contributed by atoms with van der Waals surface area (Å²) in [5.74, 6) is -0.981. The van der Waals surface area contributed by atoms with Crippen molar-refractivity contribution < 1.29 is 9.90 Å². The summed E-state index contributed by atoms with van der Waals surface area (Å²) >= 11 is 0. The van der Waals surface area contributed by atoms with Gasteiger partial charge in [-0.1, -0.05) is 55.9 Å². The smallest absolute Gasteiger partial charge is 0.327 e. The fraction of sp³-hybridized carbons (Fsp3) is 0.400. The van der Waals surface area contributed by atoms with E-state index in [1.54, 1.807) is 0 Å². The molecule has 94 valence electrons. The van der Waals surface area contributed by atoms with Crippen LogP contribution >= 0.6 is 0 Å². The van der Waals surface area contributed by atoms with E-state index in [2.05, 4.69) is 43.0 Å². The molecule has 0 bridgehead atoms. The molecule has 2 nitrogen and oxygen atoms in total. The lowest BCUT2D eigenvalue weighted by Crippen LogP contribution is -1.82. The van der Waals surface area contributed by atoms with Gasteiger partial charge in [0.05, 0.1) is 0 Å². The maximum Gasteiger partial charge on any atom is 0.327 e. The van der Waals surface area contributed by atoms with E-state index in [-0.39, 0.29) is 0 Å². The van der Waals surface area contributed by atoms with Crippen LogP contribution in [0, 0.1) is 0 Å². The Labute approximate surface area is 104 Å². The molecule has 0 fully saturated rings. The van der Waals surface area contributed by atoms with Crippen LogP contribution in [0.3, 0.4) is 0 Å². The molecular weight excluding hydrogens is 212 g/mol. The fourth-order valence-electron chi connectivity index (χ4n) is 1.36. The minimum absolute atomic E-state index is 0.833. The van der Waals surface area contributed by atoms with Crippen molar-refractivity contribution in [3.63, 3.8) is 0 Å². The van der Waals surface area contributed by atoms with Crippen LogP contribution in [0.25, 0.3) is 0 Å². The van der Waals surface area contributed by atoms with Gasteiger partial charge in [0.2, 0.25) is 0 Å². The third-order valence-electron chi connectivity index (χ3n) is 2.27. The molecule has 1 N–H and O–H groups in total. The average Bonchev–Trinajstić information content (AvgIpc) is 2.30. The summed E-state index contributed by atoms with van der Waals surface area (Å²) in [5, 5.41) is 7.60. The number of carboxylic acids is 1. The van der Waals surface area contributed by atoms with E-state index in [9.17, 15) is 4.79 Å². The number of allylic oxidation sites excluding steroid dienone is 6. The first-order chi connectivity index (χ1) is 8.27. The van der Waals surface area contributed by atoms with Gasteiger partial charge >= 0.3 is 5.97 Å². The van der Waals surface area contributed by atoms with Gasteiger partial charge in [-0.3, -0.25) is 0 Å². The van der Waals surface area contributed by atoms with Crippen LogP contribution in [0.2, 0.25) is 0 Å². The van der Waals surface area contributed by atoms with E-state index in [1.165, 1.54) is 38.5 Å². The molecular formula is C15H22O2. The SMILES string of the molecule is C1=C\C=C\CCCCCC/C=C/1.C=CC(=O)O. The van der Waals surface area contributed by atoms with Crippen LogP contribution in [-0.4, -0.2) is 11.1 Å². The van der Waals surface area contributed by atoms with Gasteiger partial charge in [0, 0.05) is 6.08 Å². The highest BCUT2D eigenvalue weighted by molar-refractivity contribution is 5.78. The zero-order valence-corrected chi connectivity index (χ0v) is 10.3. The lowest BCUT2D eigenvalue weighted by atomic mass is 10.1. The molecule has 0 unspecified atom stereocenters. The molecule has 0 radical (unpaired) electrons. The molecule has 0 amide bonds. The molecule has 0 spiro atoms. The largest absolute Gasteiger partial charge is 0.478 e. The van der Waals surface area contributed by atoms with Crippen molar-refractivity contribution in [2.24, 2.45) is 0 Å². The van der Waals surface area contributed by atoms with Crippen LogP contribution in [0.15, 0.2) is 49.1 Å². The Kier molecular flexibility index (Phi) is 11.3. The Balaban J connectivity index is 0.000000437. The Bertz CT molecular complexity index is 265. The topological polar surface area (TPSA) is 37.3 Å². The van der Waals surface area contributed by atoms with E-state index in [0.717, 1.165) is 6.08 Å². The molecule has 0 aromatic rings.